The van der Waals surface area contributed by atoms with Crippen LogP contribution < -0.4 is 0 Å². The van der Waals surface area contributed by atoms with E-state index in [1.165, 1.54) is 16.4 Å². The molecule has 1 fully saturated rings. The molecule has 6 nitrogen and oxygen atoms in total. The van der Waals surface area contributed by atoms with Crippen LogP contribution in [0.4, 0.5) is 0 Å². The minimum atomic E-state index is -3.58. The summed E-state index contributed by atoms with van der Waals surface area (Å²) in [7, 11) is -3.58. The van der Waals surface area contributed by atoms with Gasteiger partial charge in [0.2, 0.25) is 10.0 Å². The van der Waals surface area contributed by atoms with Crippen LogP contribution in [0.3, 0.4) is 0 Å². The Kier molecular flexibility index (Phi) is 4.76. The van der Waals surface area contributed by atoms with Gasteiger partial charge < -0.3 is 0 Å². The van der Waals surface area contributed by atoms with Crippen LogP contribution in [0.5, 0.6) is 0 Å². The van der Waals surface area contributed by atoms with Crippen LogP contribution in [-0.2, 0) is 10.0 Å². The van der Waals surface area contributed by atoms with E-state index in [1.807, 2.05) is 30.1 Å². The Morgan fingerprint density at radius 2 is 2.04 bits per heavy atom. The van der Waals surface area contributed by atoms with Crippen LogP contribution in [0, 0.1) is 18.3 Å². The summed E-state index contributed by atoms with van der Waals surface area (Å²) in [5.41, 5.74) is 1.42. The van der Waals surface area contributed by atoms with Crippen LogP contribution in [-0.4, -0.2) is 35.6 Å². The Bertz CT molecular complexity index is 893. The number of hydrogen-bond acceptors (Lipinski definition) is 4. The molecule has 1 aromatic heterocycles. The fourth-order valence-corrected chi connectivity index (χ4v) is 4.71. The van der Waals surface area contributed by atoms with E-state index in [9.17, 15) is 8.42 Å². The molecule has 2 aromatic rings. The normalized spacial score (nSPS) is 16.9. The van der Waals surface area contributed by atoms with E-state index in [4.69, 9.17) is 5.26 Å². The van der Waals surface area contributed by atoms with Crippen LogP contribution in [0.2, 0.25) is 0 Å². The van der Waals surface area contributed by atoms with Gasteiger partial charge in [0.1, 0.15) is 6.07 Å². The summed E-state index contributed by atoms with van der Waals surface area (Å²) in [6.07, 6.45) is 5.25. The summed E-state index contributed by atoms with van der Waals surface area (Å²) in [6.45, 7) is 2.89. The van der Waals surface area contributed by atoms with E-state index < -0.39 is 10.0 Å². The Morgan fingerprint density at radius 1 is 1.33 bits per heavy atom. The first-order chi connectivity index (χ1) is 11.4. The maximum absolute atomic E-state index is 12.8. The second-order valence-corrected chi connectivity index (χ2v) is 8.68. The highest BCUT2D eigenvalue weighted by atomic mass is 79.9. The zero-order chi connectivity index (χ0) is 17.3. The molecule has 0 saturated carbocycles. The number of rotatable bonds is 3. The highest BCUT2D eigenvalue weighted by Crippen LogP contribution is 2.28. The van der Waals surface area contributed by atoms with Crippen LogP contribution >= 0.6 is 15.9 Å². The molecule has 2 heterocycles. The van der Waals surface area contributed by atoms with Gasteiger partial charge in [-0.15, -0.1) is 0 Å². The molecule has 8 heteroatoms. The molecule has 0 radical (unpaired) electrons. The van der Waals surface area contributed by atoms with E-state index in [0.717, 1.165) is 18.4 Å². The van der Waals surface area contributed by atoms with Crippen molar-refractivity contribution in [2.24, 2.45) is 0 Å². The largest absolute Gasteiger partial charge is 0.269 e. The van der Waals surface area contributed by atoms with Crippen molar-refractivity contribution in [1.82, 2.24) is 14.1 Å². The number of benzene rings is 1. The van der Waals surface area contributed by atoms with Crippen LogP contribution in [0.25, 0.3) is 0 Å². The molecule has 1 aliphatic heterocycles. The molecule has 3 rings (SSSR count). The van der Waals surface area contributed by atoms with Gasteiger partial charge in [-0.3, -0.25) is 4.68 Å². The second-order valence-electron chi connectivity index (χ2n) is 5.89. The molecule has 1 saturated heterocycles. The van der Waals surface area contributed by atoms with E-state index >= 15 is 0 Å². The highest BCUT2D eigenvalue weighted by molar-refractivity contribution is 9.10. The first kappa shape index (κ1) is 17.1. The van der Waals surface area contributed by atoms with Crippen LogP contribution in [0.15, 0.2) is 40.0 Å². The highest BCUT2D eigenvalue weighted by Gasteiger charge is 2.30. The predicted molar refractivity (Wildman–Crippen MR) is 92.9 cm³/mol. The lowest BCUT2D eigenvalue weighted by atomic mass is 10.1. The van der Waals surface area contributed by atoms with Crippen molar-refractivity contribution in [1.29, 1.82) is 5.26 Å². The van der Waals surface area contributed by atoms with Gasteiger partial charge in [0.15, 0.2) is 0 Å². The molecule has 0 spiro atoms. The minimum absolute atomic E-state index is 0.163. The Labute approximate surface area is 149 Å². The van der Waals surface area contributed by atoms with Crippen molar-refractivity contribution in [3.05, 3.63) is 46.2 Å². The molecular weight excluding hydrogens is 392 g/mol. The number of halogens is 1. The fraction of sp³-hybridized carbons (Fsp3) is 0.375. The topological polar surface area (TPSA) is 79.0 Å². The third-order valence-electron chi connectivity index (χ3n) is 4.22. The third kappa shape index (κ3) is 3.24. The number of hydrogen-bond donors (Lipinski definition) is 0. The van der Waals surface area contributed by atoms with E-state index in [2.05, 4.69) is 21.0 Å². The summed E-state index contributed by atoms with van der Waals surface area (Å²) >= 11 is 3.25. The van der Waals surface area contributed by atoms with Crippen molar-refractivity contribution in [2.75, 3.05) is 13.1 Å². The summed E-state index contributed by atoms with van der Waals surface area (Å²) < 4.78 is 29.6. The molecule has 1 aliphatic rings. The monoisotopic (exact) mass is 408 g/mol. The third-order valence-corrected chi connectivity index (χ3v) is 6.81. The summed E-state index contributed by atoms with van der Waals surface area (Å²) in [5, 5.41) is 13.4. The predicted octanol–water partition coefficient (Wildman–Crippen LogP) is 2.85. The van der Waals surface area contributed by atoms with Gasteiger partial charge in [0, 0.05) is 23.8 Å². The van der Waals surface area contributed by atoms with Gasteiger partial charge in [-0.05, 0) is 59.5 Å². The quantitative estimate of drug-likeness (QED) is 0.781. The molecule has 0 atom stereocenters. The smallest absolute Gasteiger partial charge is 0.243 e. The van der Waals surface area contributed by atoms with Gasteiger partial charge in [-0.1, -0.05) is 0 Å². The maximum atomic E-state index is 12.8. The number of nitrogens with zero attached hydrogens (tertiary/aromatic N) is 4. The standard InChI is InChI=1S/C16H17BrN4O2S/c1-12-10-19-21(11-12)14-4-6-20(7-5-14)24(22,23)15-2-3-16(17)13(8-15)9-18/h2-3,8,10-11,14H,4-7H2,1H3. The first-order valence-electron chi connectivity index (χ1n) is 7.62. The lowest BCUT2D eigenvalue weighted by molar-refractivity contribution is 0.261. The number of aromatic nitrogens is 2. The van der Waals surface area contributed by atoms with Crippen LogP contribution in [0.1, 0.15) is 30.0 Å². The molecule has 0 aliphatic carbocycles. The van der Waals surface area contributed by atoms with E-state index in [1.54, 1.807) is 6.07 Å². The Balaban J connectivity index is 1.77. The molecular formula is C16H17BrN4O2S. The lowest BCUT2D eigenvalue weighted by Gasteiger charge is -2.31. The molecule has 126 valence electrons. The van der Waals surface area contributed by atoms with Crippen molar-refractivity contribution in [2.45, 2.75) is 30.7 Å². The van der Waals surface area contributed by atoms with E-state index in [-0.39, 0.29) is 10.9 Å². The summed E-state index contributed by atoms with van der Waals surface area (Å²) in [5.74, 6) is 0. The maximum Gasteiger partial charge on any atom is 0.243 e. The summed E-state index contributed by atoms with van der Waals surface area (Å²) in [6, 6.07) is 6.78. The number of aryl methyl sites for hydroxylation is 1. The number of piperidine rings is 1. The van der Waals surface area contributed by atoms with Gasteiger partial charge in [0.05, 0.1) is 22.7 Å². The van der Waals surface area contributed by atoms with Gasteiger partial charge in [-0.2, -0.15) is 14.7 Å². The SMILES string of the molecule is Cc1cnn(C2CCN(S(=O)(=O)c3ccc(Br)c(C#N)c3)CC2)c1. The molecule has 0 bridgehead atoms. The molecule has 1 aromatic carbocycles. The fourth-order valence-electron chi connectivity index (χ4n) is 2.88. The molecule has 24 heavy (non-hydrogen) atoms. The lowest BCUT2D eigenvalue weighted by Crippen LogP contribution is -2.39. The van der Waals surface area contributed by atoms with Gasteiger partial charge in [-0.25, -0.2) is 8.42 Å². The van der Waals surface area contributed by atoms with Gasteiger partial charge >= 0.3 is 0 Å². The van der Waals surface area contributed by atoms with Crippen molar-refractivity contribution >= 4 is 26.0 Å². The zero-order valence-electron chi connectivity index (χ0n) is 13.2. The average molecular weight is 409 g/mol. The molecule has 0 N–H and O–H groups in total. The number of nitriles is 1. The Morgan fingerprint density at radius 3 is 2.62 bits per heavy atom. The molecule has 0 unspecified atom stereocenters. The van der Waals surface area contributed by atoms with Gasteiger partial charge in [0.25, 0.3) is 0 Å². The molecule has 0 amide bonds. The average Bonchev–Trinajstić information content (AvgIpc) is 3.01. The van der Waals surface area contributed by atoms with Crippen molar-refractivity contribution in [3.8, 4) is 6.07 Å². The summed E-state index contributed by atoms with van der Waals surface area (Å²) in [4.78, 5) is 0.163. The number of sulfonamides is 1. The second kappa shape index (κ2) is 6.67. The first-order valence-corrected chi connectivity index (χ1v) is 9.85. The van der Waals surface area contributed by atoms with Crippen molar-refractivity contribution in [3.63, 3.8) is 0 Å². The Hall–Kier alpha value is -1.69. The van der Waals surface area contributed by atoms with Crippen molar-refractivity contribution < 1.29 is 8.42 Å². The van der Waals surface area contributed by atoms with E-state index in [0.29, 0.717) is 23.1 Å². The minimum Gasteiger partial charge on any atom is -0.269 e. The zero-order valence-corrected chi connectivity index (χ0v) is 15.6.